The zero-order valence-corrected chi connectivity index (χ0v) is 19.4. The summed E-state index contributed by atoms with van der Waals surface area (Å²) in [6, 6.07) is 9.11. The van der Waals surface area contributed by atoms with Crippen molar-refractivity contribution < 1.29 is 22.8 Å². The van der Waals surface area contributed by atoms with Gasteiger partial charge in [0.05, 0.1) is 28.7 Å². The minimum Gasteiger partial charge on any atom is -0.496 e. The molecule has 0 aromatic heterocycles. The standard InChI is InChI=1S/C22H29N3O6S/c1-16(2)31-22-10-8-19(32(28,29)24-11-5-4-6-12-24)14-20(22)23-15-17-13-18(25(26)27)7-9-21(17)30-3/h7-10,13-14,16,23H,4-6,11-12,15H2,1-3H3. The molecule has 2 aromatic rings. The molecule has 0 spiro atoms. The van der Waals surface area contributed by atoms with Crippen molar-refractivity contribution in [3.8, 4) is 11.5 Å². The number of methoxy groups -OCH3 is 1. The summed E-state index contributed by atoms with van der Waals surface area (Å²) in [5.74, 6) is 0.994. The van der Waals surface area contributed by atoms with Crippen LogP contribution >= 0.6 is 0 Å². The van der Waals surface area contributed by atoms with Crippen LogP contribution in [-0.2, 0) is 16.6 Å². The van der Waals surface area contributed by atoms with Crippen LogP contribution in [0, 0.1) is 10.1 Å². The number of nitrogens with zero attached hydrogens (tertiary/aromatic N) is 2. The smallest absolute Gasteiger partial charge is 0.270 e. The second-order valence-electron chi connectivity index (χ2n) is 7.90. The van der Waals surface area contributed by atoms with Gasteiger partial charge in [-0.1, -0.05) is 6.42 Å². The van der Waals surface area contributed by atoms with Gasteiger partial charge in [0.2, 0.25) is 10.0 Å². The number of rotatable bonds is 9. The molecule has 9 nitrogen and oxygen atoms in total. The Hall–Kier alpha value is -2.85. The third kappa shape index (κ3) is 5.49. The van der Waals surface area contributed by atoms with Crippen LogP contribution in [0.25, 0.3) is 0 Å². The molecule has 0 atom stereocenters. The van der Waals surface area contributed by atoms with E-state index in [-0.39, 0.29) is 23.2 Å². The summed E-state index contributed by atoms with van der Waals surface area (Å²) in [4.78, 5) is 10.9. The molecule has 3 rings (SSSR count). The van der Waals surface area contributed by atoms with Crippen LogP contribution in [0.3, 0.4) is 0 Å². The van der Waals surface area contributed by atoms with Crippen molar-refractivity contribution in [2.24, 2.45) is 0 Å². The molecule has 0 unspecified atom stereocenters. The molecule has 1 aliphatic rings. The highest BCUT2D eigenvalue weighted by atomic mass is 32.2. The van der Waals surface area contributed by atoms with Crippen LogP contribution in [0.5, 0.6) is 11.5 Å². The fourth-order valence-electron chi connectivity index (χ4n) is 3.63. The highest BCUT2D eigenvalue weighted by Crippen LogP contribution is 2.32. The Morgan fingerprint density at radius 1 is 1.09 bits per heavy atom. The van der Waals surface area contributed by atoms with E-state index >= 15 is 0 Å². The summed E-state index contributed by atoms with van der Waals surface area (Å²) < 4.78 is 39.0. The first kappa shape index (κ1) is 23.8. The zero-order chi connectivity index (χ0) is 23.3. The van der Waals surface area contributed by atoms with Gasteiger partial charge in [-0.2, -0.15) is 4.31 Å². The minimum atomic E-state index is -3.62. The number of piperidine rings is 1. The minimum absolute atomic E-state index is 0.0531. The summed E-state index contributed by atoms with van der Waals surface area (Å²) in [5, 5.41) is 14.3. The number of non-ortho nitro benzene ring substituents is 1. The maximum absolute atomic E-state index is 13.1. The Bertz CT molecular complexity index is 1070. The lowest BCUT2D eigenvalue weighted by atomic mass is 10.1. The van der Waals surface area contributed by atoms with Gasteiger partial charge >= 0.3 is 0 Å². The van der Waals surface area contributed by atoms with Crippen molar-refractivity contribution in [2.45, 2.75) is 50.7 Å². The first-order valence-electron chi connectivity index (χ1n) is 10.6. The van der Waals surface area contributed by atoms with Crippen LogP contribution in [0.4, 0.5) is 11.4 Å². The molecule has 0 radical (unpaired) electrons. The highest BCUT2D eigenvalue weighted by Gasteiger charge is 2.27. The van der Waals surface area contributed by atoms with E-state index in [0.29, 0.717) is 35.8 Å². The maximum atomic E-state index is 13.1. The van der Waals surface area contributed by atoms with E-state index in [1.165, 1.54) is 29.6 Å². The van der Waals surface area contributed by atoms with E-state index in [1.807, 2.05) is 13.8 Å². The first-order chi connectivity index (χ1) is 15.2. The van der Waals surface area contributed by atoms with E-state index in [2.05, 4.69) is 5.32 Å². The lowest BCUT2D eigenvalue weighted by molar-refractivity contribution is -0.384. The third-order valence-electron chi connectivity index (χ3n) is 5.21. The van der Waals surface area contributed by atoms with Gasteiger partial charge in [-0.05, 0) is 51.0 Å². The molecular formula is C22H29N3O6S. The topological polar surface area (TPSA) is 111 Å². The van der Waals surface area contributed by atoms with E-state index in [1.54, 1.807) is 18.2 Å². The summed E-state index contributed by atoms with van der Waals surface area (Å²) >= 11 is 0. The van der Waals surface area contributed by atoms with E-state index < -0.39 is 14.9 Å². The number of nitrogens with one attached hydrogen (secondary N) is 1. The normalized spacial score (nSPS) is 14.9. The van der Waals surface area contributed by atoms with Crippen LogP contribution in [0.2, 0.25) is 0 Å². The van der Waals surface area contributed by atoms with Crippen LogP contribution < -0.4 is 14.8 Å². The van der Waals surface area contributed by atoms with Crippen LogP contribution in [-0.4, -0.2) is 43.9 Å². The molecule has 1 N–H and O–H groups in total. The van der Waals surface area contributed by atoms with Crippen molar-refractivity contribution in [3.63, 3.8) is 0 Å². The largest absolute Gasteiger partial charge is 0.496 e. The van der Waals surface area contributed by atoms with Crippen LogP contribution in [0.15, 0.2) is 41.3 Å². The fraction of sp³-hybridized carbons (Fsp3) is 0.455. The van der Waals surface area contributed by atoms with Gasteiger partial charge < -0.3 is 14.8 Å². The average Bonchev–Trinajstić information content (AvgIpc) is 2.78. The lowest BCUT2D eigenvalue weighted by Crippen LogP contribution is -2.35. The van der Waals surface area contributed by atoms with Crippen molar-refractivity contribution in [2.75, 3.05) is 25.5 Å². The molecule has 32 heavy (non-hydrogen) atoms. The molecule has 2 aromatic carbocycles. The summed E-state index contributed by atoms with van der Waals surface area (Å²) in [6.07, 6.45) is 2.62. The van der Waals surface area contributed by atoms with Crippen LogP contribution in [0.1, 0.15) is 38.7 Å². The number of anilines is 1. The Morgan fingerprint density at radius 2 is 1.78 bits per heavy atom. The highest BCUT2D eigenvalue weighted by molar-refractivity contribution is 7.89. The maximum Gasteiger partial charge on any atom is 0.270 e. The number of sulfonamides is 1. The predicted octanol–water partition coefficient (Wildman–Crippen LogP) is 4.18. The van der Waals surface area contributed by atoms with Crippen molar-refractivity contribution >= 4 is 21.4 Å². The molecule has 0 bridgehead atoms. The number of ether oxygens (including phenoxy) is 2. The Morgan fingerprint density at radius 3 is 2.41 bits per heavy atom. The summed E-state index contributed by atoms with van der Waals surface area (Å²) in [7, 11) is -2.13. The quantitative estimate of drug-likeness (QED) is 0.439. The predicted molar refractivity (Wildman–Crippen MR) is 122 cm³/mol. The number of hydrogen-bond donors (Lipinski definition) is 1. The number of benzene rings is 2. The number of nitro benzene ring substituents is 1. The molecule has 10 heteroatoms. The molecule has 1 aliphatic heterocycles. The van der Waals surface area contributed by atoms with Gasteiger partial charge in [-0.15, -0.1) is 0 Å². The second-order valence-corrected chi connectivity index (χ2v) is 9.83. The van der Waals surface area contributed by atoms with E-state index in [0.717, 1.165) is 19.3 Å². The van der Waals surface area contributed by atoms with Gasteiger partial charge in [0.1, 0.15) is 11.5 Å². The van der Waals surface area contributed by atoms with Crippen molar-refractivity contribution in [1.82, 2.24) is 4.31 Å². The molecule has 0 saturated carbocycles. The van der Waals surface area contributed by atoms with Gasteiger partial charge in [-0.25, -0.2) is 8.42 Å². The zero-order valence-electron chi connectivity index (χ0n) is 18.5. The molecule has 1 fully saturated rings. The molecule has 1 saturated heterocycles. The molecular weight excluding hydrogens is 434 g/mol. The van der Waals surface area contributed by atoms with Crippen molar-refractivity contribution in [3.05, 3.63) is 52.1 Å². The Kier molecular flexibility index (Phi) is 7.57. The SMILES string of the molecule is COc1ccc([N+](=O)[O-])cc1CNc1cc(S(=O)(=O)N2CCCCC2)ccc1OC(C)C. The molecule has 0 amide bonds. The van der Waals surface area contributed by atoms with Gasteiger partial charge in [0.25, 0.3) is 5.69 Å². The molecule has 1 heterocycles. The van der Waals surface area contributed by atoms with E-state index in [4.69, 9.17) is 9.47 Å². The first-order valence-corrected chi connectivity index (χ1v) is 12.0. The van der Waals surface area contributed by atoms with Gasteiger partial charge in [0.15, 0.2) is 0 Å². The second kappa shape index (κ2) is 10.2. The lowest BCUT2D eigenvalue weighted by Gasteiger charge is -2.26. The van der Waals surface area contributed by atoms with Crippen molar-refractivity contribution in [1.29, 1.82) is 0 Å². The summed E-state index contributed by atoms with van der Waals surface area (Å²) in [6.45, 7) is 4.98. The number of nitro groups is 1. The Labute approximate surface area is 188 Å². The molecule has 174 valence electrons. The van der Waals surface area contributed by atoms with Gasteiger partial charge in [0, 0.05) is 37.3 Å². The molecule has 0 aliphatic carbocycles. The Balaban J connectivity index is 1.93. The number of hydrogen-bond acceptors (Lipinski definition) is 7. The summed E-state index contributed by atoms with van der Waals surface area (Å²) in [5.41, 5.74) is 1.01. The third-order valence-corrected chi connectivity index (χ3v) is 7.11. The average molecular weight is 464 g/mol. The fourth-order valence-corrected chi connectivity index (χ4v) is 5.17. The van der Waals surface area contributed by atoms with E-state index in [9.17, 15) is 18.5 Å². The van der Waals surface area contributed by atoms with Gasteiger partial charge in [-0.3, -0.25) is 10.1 Å². The monoisotopic (exact) mass is 463 g/mol.